The Morgan fingerprint density at radius 1 is 1.21 bits per heavy atom. The number of hydrogen-bond acceptors (Lipinski definition) is 7. The molecule has 3 aromatic rings. The van der Waals surface area contributed by atoms with Gasteiger partial charge in [-0.15, -0.1) is 11.3 Å². The van der Waals surface area contributed by atoms with Gasteiger partial charge in [0.25, 0.3) is 5.91 Å². The molecular weight excluding hydrogens is 471 g/mol. The molecule has 1 aliphatic rings. The molecule has 11 heteroatoms. The Bertz CT molecular complexity index is 1110. The van der Waals surface area contributed by atoms with E-state index in [0.717, 1.165) is 49.8 Å². The number of carbonyl (C=O) groups is 1. The number of alkyl halides is 3. The van der Waals surface area contributed by atoms with E-state index in [2.05, 4.69) is 38.4 Å². The SMILES string of the molecule is CC(Cc1nsc(NC(=O)c2csc(-c3cccc(C(F)(F)F)c3)c2)n1)N1CCN(C)CC1. The van der Waals surface area contributed by atoms with Gasteiger partial charge in [-0.25, -0.2) is 4.98 Å². The monoisotopic (exact) mass is 495 g/mol. The Balaban J connectivity index is 1.37. The molecule has 0 bridgehead atoms. The first-order valence-corrected chi connectivity index (χ1v) is 12.2. The van der Waals surface area contributed by atoms with Crippen molar-refractivity contribution in [2.24, 2.45) is 0 Å². The van der Waals surface area contributed by atoms with Crippen LogP contribution in [0.1, 0.15) is 28.7 Å². The van der Waals surface area contributed by atoms with E-state index in [1.807, 2.05) is 0 Å². The summed E-state index contributed by atoms with van der Waals surface area (Å²) in [7, 11) is 2.12. The van der Waals surface area contributed by atoms with Crippen molar-refractivity contribution < 1.29 is 18.0 Å². The molecule has 3 heterocycles. The zero-order valence-corrected chi connectivity index (χ0v) is 19.9. The van der Waals surface area contributed by atoms with Crippen LogP contribution >= 0.6 is 22.9 Å². The van der Waals surface area contributed by atoms with Crippen LogP contribution in [0.3, 0.4) is 0 Å². The molecule has 1 atom stereocenters. The number of hydrogen-bond donors (Lipinski definition) is 1. The van der Waals surface area contributed by atoms with Crippen LogP contribution in [0, 0.1) is 0 Å². The lowest BCUT2D eigenvalue weighted by Crippen LogP contribution is -2.48. The summed E-state index contributed by atoms with van der Waals surface area (Å²) >= 11 is 2.35. The first-order chi connectivity index (χ1) is 15.7. The molecular formula is C22H24F3N5OS2. The van der Waals surface area contributed by atoms with Crippen LogP contribution in [-0.4, -0.2) is 64.3 Å². The second-order valence-electron chi connectivity index (χ2n) is 8.14. The second kappa shape index (κ2) is 9.88. The number of likely N-dealkylation sites (N-methyl/N-ethyl adjacent to an activating group) is 1. The largest absolute Gasteiger partial charge is 0.416 e. The van der Waals surface area contributed by atoms with E-state index in [0.29, 0.717) is 39.4 Å². The summed E-state index contributed by atoms with van der Waals surface area (Å²) < 4.78 is 43.3. The fourth-order valence-electron chi connectivity index (χ4n) is 3.67. The molecule has 1 N–H and O–H groups in total. The Morgan fingerprint density at radius 3 is 2.70 bits per heavy atom. The molecule has 0 aliphatic carbocycles. The fraction of sp³-hybridized carbons (Fsp3) is 0.409. The average Bonchev–Trinajstić information content (AvgIpc) is 3.44. The van der Waals surface area contributed by atoms with E-state index in [1.54, 1.807) is 17.5 Å². The van der Waals surface area contributed by atoms with Crippen molar-refractivity contribution in [2.45, 2.75) is 25.6 Å². The molecule has 1 fully saturated rings. The second-order valence-corrected chi connectivity index (χ2v) is 9.80. The van der Waals surface area contributed by atoms with Gasteiger partial charge in [0, 0.05) is 60.4 Å². The number of anilines is 1. The molecule has 4 rings (SSSR count). The predicted molar refractivity (Wildman–Crippen MR) is 125 cm³/mol. The zero-order valence-electron chi connectivity index (χ0n) is 18.2. The first-order valence-electron chi connectivity index (χ1n) is 10.5. The number of rotatable bonds is 6. The predicted octanol–water partition coefficient (Wildman–Crippen LogP) is 4.72. The van der Waals surface area contributed by atoms with Crippen LogP contribution in [0.2, 0.25) is 0 Å². The van der Waals surface area contributed by atoms with Crippen LogP contribution in [0.4, 0.5) is 18.3 Å². The minimum absolute atomic E-state index is 0.309. The standard InChI is InChI=1S/C22H24F3N5OS2/c1-14(30-8-6-29(2)7-9-30)10-19-26-21(33-28-19)27-20(31)16-12-18(32-13-16)15-4-3-5-17(11-15)22(23,24)25/h3-5,11-14H,6-10H2,1-2H3,(H,26,27,28,31). The van der Waals surface area contributed by atoms with Gasteiger partial charge in [-0.05, 0) is 37.7 Å². The Hall–Kier alpha value is -2.34. The third kappa shape index (κ3) is 5.97. The van der Waals surface area contributed by atoms with Gasteiger partial charge in [-0.2, -0.15) is 17.5 Å². The highest BCUT2D eigenvalue weighted by molar-refractivity contribution is 7.14. The lowest BCUT2D eigenvalue weighted by atomic mass is 10.1. The van der Waals surface area contributed by atoms with Gasteiger partial charge in [0.05, 0.1) is 11.1 Å². The Morgan fingerprint density at radius 2 is 1.97 bits per heavy atom. The topological polar surface area (TPSA) is 61.4 Å². The number of halogens is 3. The van der Waals surface area contributed by atoms with Crippen LogP contribution in [0.25, 0.3) is 10.4 Å². The van der Waals surface area contributed by atoms with E-state index < -0.39 is 11.7 Å². The number of benzene rings is 1. The molecule has 6 nitrogen and oxygen atoms in total. The number of nitrogens with one attached hydrogen (secondary N) is 1. The summed E-state index contributed by atoms with van der Waals surface area (Å²) in [6.07, 6.45) is -3.71. The van der Waals surface area contributed by atoms with Gasteiger partial charge >= 0.3 is 6.18 Å². The molecule has 2 aromatic heterocycles. The molecule has 1 aromatic carbocycles. The summed E-state index contributed by atoms with van der Waals surface area (Å²) in [6, 6.07) is 6.98. The molecule has 176 valence electrons. The molecule has 0 saturated carbocycles. The van der Waals surface area contributed by atoms with Crippen molar-refractivity contribution in [2.75, 3.05) is 38.5 Å². The fourth-order valence-corrected chi connectivity index (χ4v) is 5.15. The third-order valence-electron chi connectivity index (χ3n) is 5.66. The summed E-state index contributed by atoms with van der Waals surface area (Å²) in [4.78, 5) is 22.4. The van der Waals surface area contributed by atoms with Crippen molar-refractivity contribution in [3.05, 3.63) is 52.7 Å². The van der Waals surface area contributed by atoms with Crippen molar-refractivity contribution in [3.63, 3.8) is 0 Å². The number of thiophene rings is 1. The van der Waals surface area contributed by atoms with E-state index in [9.17, 15) is 18.0 Å². The average molecular weight is 496 g/mol. The van der Waals surface area contributed by atoms with Gasteiger partial charge in [0.2, 0.25) is 5.13 Å². The highest BCUT2D eigenvalue weighted by Crippen LogP contribution is 2.34. The van der Waals surface area contributed by atoms with Crippen molar-refractivity contribution in [3.8, 4) is 10.4 Å². The molecule has 1 amide bonds. The van der Waals surface area contributed by atoms with Crippen LogP contribution in [0.15, 0.2) is 35.7 Å². The summed E-state index contributed by atoms with van der Waals surface area (Å²) in [6.45, 7) is 6.26. The van der Waals surface area contributed by atoms with Gasteiger partial charge in [0.1, 0.15) is 5.82 Å². The Kier molecular flexibility index (Phi) is 7.13. The maximum Gasteiger partial charge on any atom is 0.416 e. The highest BCUT2D eigenvalue weighted by Gasteiger charge is 2.30. The van der Waals surface area contributed by atoms with Crippen molar-refractivity contribution in [1.82, 2.24) is 19.2 Å². The van der Waals surface area contributed by atoms with E-state index in [4.69, 9.17) is 0 Å². The van der Waals surface area contributed by atoms with E-state index in [1.165, 1.54) is 17.4 Å². The molecule has 33 heavy (non-hydrogen) atoms. The smallest absolute Gasteiger partial charge is 0.304 e. The maximum absolute atomic E-state index is 13.0. The number of piperazine rings is 1. The van der Waals surface area contributed by atoms with Crippen LogP contribution < -0.4 is 5.32 Å². The first kappa shape index (κ1) is 23.8. The van der Waals surface area contributed by atoms with Crippen molar-refractivity contribution in [1.29, 1.82) is 0 Å². The van der Waals surface area contributed by atoms with Gasteiger partial charge in [0.15, 0.2) is 0 Å². The normalized spacial score (nSPS) is 16.6. The van der Waals surface area contributed by atoms with Gasteiger partial charge in [-0.3, -0.25) is 15.0 Å². The summed E-state index contributed by atoms with van der Waals surface area (Å²) in [5.41, 5.74) is 0.0755. The van der Waals surface area contributed by atoms with Crippen LogP contribution in [-0.2, 0) is 12.6 Å². The molecule has 0 spiro atoms. The lowest BCUT2D eigenvalue weighted by Gasteiger charge is -2.36. The number of amides is 1. The molecule has 1 aliphatic heterocycles. The van der Waals surface area contributed by atoms with Crippen LogP contribution in [0.5, 0.6) is 0 Å². The van der Waals surface area contributed by atoms with Crippen molar-refractivity contribution >= 4 is 33.9 Å². The highest BCUT2D eigenvalue weighted by atomic mass is 32.1. The van der Waals surface area contributed by atoms with Gasteiger partial charge < -0.3 is 4.90 Å². The van der Waals surface area contributed by atoms with E-state index in [-0.39, 0.29) is 5.91 Å². The molecule has 1 unspecified atom stereocenters. The molecule has 1 saturated heterocycles. The number of nitrogens with zero attached hydrogens (tertiary/aromatic N) is 4. The number of aromatic nitrogens is 2. The van der Waals surface area contributed by atoms with Gasteiger partial charge in [-0.1, -0.05) is 12.1 Å². The number of carbonyl (C=O) groups excluding carboxylic acids is 1. The minimum Gasteiger partial charge on any atom is -0.304 e. The minimum atomic E-state index is -4.41. The Labute approximate surface area is 198 Å². The van der Waals surface area contributed by atoms with E-state index >= 15 is 0 Å². The maximum atomic E-state index is 13.0. The zero-order chi connectivity index (χ0) is 23.6. The molecule has 0 radical (unpaired) electrons. The summed E-state index contributed by atoms with van der Waals surface area (Å²) in [5, 5.41) is 4.79. The lowest BCUT2D eigenvalue weighted by molar-refractivity contribution is -0.137. The third-order valence-corrected chi connectivity index (χ3v) is 7.31. The summed E-state index contributed by atoms with van der Waals surface area (Å²) in [5.74, 6) is 0.330. The quantitative estimate of drug-likeness (QED) is 0.537.